The molecule has 92 valence electrons. The Labute approximate surface area is 104 Å². The molecule has 0 saturated heterocycles. The van der Waals surface area contributed by atoms with Crippen LogP contribution in [0.1, 0.15) is 19.4 Å². The van der Waals surface area contributed by atoms with Crippen molar-refractivity contribution in [3.63, 3.8) is 0 Å². The molecule has 0 bridgehead atoms. The molecule has 17 heavy (non-hydrogen) atoms. The van der Waals surface area contributed by atoms with Crippen molar-refractivity contribution in [3.05, 3.63) is 35.9 Å². The van der Waals surface area contributed by atoms with Crippen LogP contribution in [0.5, 0.6) is 0 Å². The molecule has 1 rings (SSSR count). The van der Waals surface area contributed by atoms with E-state index >= 15 is 0 Å². The van der Waals surface area contributed by atoms with Gasteiger partial charge >= 0.3 is 0 Å². The van der Waals surface area contributed by atoms with Crippen LogP contribution in [0.4, 0.5) is 0 Å². The maximum absolute atomic E-state index is 9.59. The van der Waals surface area contributed by atoms with E-state index in [0.29, 0.717) is 6.54 Å². The first-order valence-electron chi connectivity index (χ1n) is 5.89. The van der Waals surface area contributed by atoms with Crippen LogP contribution < -0.4 is 5.32 Å². The summed E-state index contributed by atoms with van der Waals surface area (Å²) in [6.07, 6.45) is 0. The number of nitrogens with one attached hydrogen (secondary N) is 1. The Bertz CT molecular complexity index is 366. The fourth-order valence-corrected chi connectivity index (χ4v) is 2.04. The summed E-state index contributed by atoms with van der Waals surface area (Å²) in [7, 11) is 3.97. The second-order valence-electron chi connectivity index (χ2n) is 4.92. The second kappa shape index (κ2) is 5.81. The Hall–Kier alpha value is -1.37. The Balaban J connectivity index is 3.12. The highest BCUT2D eigenvalue weighted by Gasteiger charge is 2.33. The van der Waals surface area contributed by atoms with E-state index in [2.05, 4.69) is 25.2 Å². The van der Waals surface area contributed by atoms with Gasteiger partial charge in [-0.2, -0.15) is 5.26 Å². The molecule has 1 N–H and O–H groups in total. The number of hydrogen-bond donors (Lipinski definition) is 1. The summed E-state index contributed by atoms with van der Waals surface area (Å²) in [5.74, 6) is 0. The van der Waals surface area contributed by atoms with Gasteiger partial charge in [0.05, 0.1) is 6.07 Å². The quantitative estimate of drug-likeness (QED) is 0.842. The van der Waals surface area contributed by atoms with Crippen LogP contribution in [0.25, 0.3) is 0 Å². The van der Waals surface area contributed by atoms with Crippen molar-refractivity contribution in [2.24, 2.45) is 0 Å². The van der Waals surface area contributed by atoms with E-state index in [4.69, 9.17) is 0 Å². The van der Waals surface area contributed by atoms with E-state index < -0.39 is 5.54 Å². The largest absolute Gasteiger partial charge is 0.306 e. The van der Waals surface area contributed by atoms with E-state index in [1.165, 1.54) is 0 Å². The minimum absolute atomic E-state index is 0.259. The van der Waals surface area contributed by atoms with E-state index in [1.54, 1.807) is 0 Å². The van der Waals surface area contributed by atoms with Gasteiger partial charge in [0.1, 0.15) is 5.54 Å². The number of rotatable bonds is 5. The van der Waals surface area contributed by atoms with Gasteiger partial charge in [0.2, 0.25) is 0 Å². The summed E-state index contributed by atoms with van der Waals surface area (Å²) in [5, 5.41) is 13.0. The summed E-state index contributed by atoms with van der Waals surface area (Å²) < 4.78 is 0. The van der Waals surface area contributed by atoms with Crippen LogP contribution in [0.2, 0.25) is 0 Å². The lowest BCUT2D eigenvalue weighted by atomic mass is 9.90. The molecule has 0 aliphatic carbocycles. The third-order valence-electron chi connectivity index (χ3n) is 2.55. The summed E-state index contributed by atoms with van der Waals surface area (Å²) in [6.45, 7) is 4.78. The molecule has 3 nitrogen and oxygen atoms in total. The van der Waals surface area contributed by atoms with E-state index in [9.17, 15) is 5.26 Å². The summed E-state index contributed by atoms with van der Waals surface area (Å²) in [6, 6.07) is 12.6. The van der Waals surface area contributed by atoms with E-state index in [-0.39, 0.29) is 6.04 Å². The predicted molar refractivity (Wildman–Crippen MR) is 70.6 cm³/mol. The topological polar surface area (TPSA) is 39.1 Å². The molecule has 0 spiro atoms. The first-order valence-corrected chi connectivity index (χ1v) is 5.89. The molecular formula is C14H21N3. The molecule has 0 heterocycles. The fraction of sp³-hybridized carbons (Fsp3) is 0.500. The smallest absolute Gasteiger partial charge is 0.145 e. The van der Waals surface area contributed by atoms with E-state index in [0.717, 1.165) is 5.56 Å². The first kappa shape index (κ1) is 13.7. The molecule has 0 aliphatic rings. The maximum Gasteiger partial charge on any atom is 0.145 e. The van der Waals surface area contributed by atoms with Crippen LogP contribution in [-0.2, 0) is 5.54 Å². The van der Waals surface area contributed by atoms with Crippen molar-refractivity contribution in [1.29, 1.82) is 5.26 Å². The van der Waals surface area contributed by atoms with Crippen LogP contribution in [0.3, 0.4) is 0 Å². The highest BCUT2D eigenvalue weighted by molar-refractivity contribution is 5.32. The molecule has 3 heteroatoms. The molecule has 0 aliphatic heterocycles. The average molecular weight is 231 g/mol. The first-order chi connectivity index (χ1) is 8.00. The van der Waals surface area contributed by atoms with Crippen molar-refractivity contribution >= 4 is 0 Å². The molecule has 1 atom stereocenters. The zero-order chi connectivity index (χ0) is 12.9. The third-order valence-corrected chi connectivity index (χ3v) is 2.55. The number of nitriles is 1. The molecule has 0 amide bonds. The molecule has 0 saturated carbocycles. The Morgan fingerprint density at radius 2 is 1.88 bits per heavy atom. The van der Waals surface area contributed by atoms with Crippen molar-refractivity contribution in [1.82, 2.24) is 10.2 Å². The Morgan fingerprint density at radius 3 is 2.29 bits per heavy atom. The average Bonchev–Trinajstić information content (AvgIpc) is 2.28. The summed E-state index contributed by atoms with van der Waals surface area (Å²) in [5.41, 5.74) is 0.378. The Kier molecular flexibility index (Phi) is 4.68. The number of likely N-dealkylation sites (N-methyl/N-ethyl adjacent to an activating group) is 1. The minimum Gasteiger partial charge on any atom is -0.306 e. The molecular weight excluding hydrogens is 210 g/mol. The van der Waals surface area contributed by atoms with E-state index in [1.807, 2.05) is 49.3 Å². The number of benzene rings is 1. The monoisotopic (exact) mass is 231 g/mol. The summed E-state index contributed by atoms with van der Waals surface area (Å²) in [4.78, 5) is 2.03. The van der Waals surface area contributed by atoms with Crippen LogP contribution in [0, 0.1) is 11.3 Å². The van der Waals surface area contributed by atoms with Gasteiger partial charge < -0.3 is 4.90 Å². The molecule has 1 aromatic carbocycles. The minimum atomic E-state index is -0.640. The summed E-state index contributed by atoms with van der Waals surface area (Å²) >= 11 is 0. The second-order valence-corrected chi connectivity index (χ2v) is 4.92. The predicted octanol–water partition coefficient (Wildman–Crippen LogP) is 1.97. The molecule has 0 fully saturated rings. The Morgan fingerprint density at radius 1 is 1.29 bits per heavy atom. The van der Waals surface area contributed by atoms with Gasteiger partial charge in [-0.15, -0.1) is 0 Å². The standard InChI is InChI=1S/C14H21N3/c1-12(2)16-14(10-15,11-17(3)4)13-8-6-5-7-9-13/h5-9,12,16H,11H2,1-4H3. The molecule has 0 radical (unpaired) electrons. The van der Waals surface area contributed by atoms with Crippen LogP contribution >= 0.6 is 0 Å². The lowest BCUT2D eigenvalue weighted by molar-refractivity contribution is 0.273. The van der Waals surface area contributed by atoms with Gasteiger partial charge in [0, 0.05) is 12.6 Å². The van der Waals surface area contributed by atoms with Gasteiger partial charge in [-0.25, -0.2) is 0 Å². The number of hydrogen-bond acceptors (Lipinski definition) is 3. The molecule has 0 aromatic heterocycles. The maximum atomic E-state index is 9.59. The van der Waals surface area contributed by atoms with Gasteiger partial charge in [-0.05, 0) is 33.5 Å². The van der Waals surface area contributed by atoms with Crippen molar-refractivity contribution in [2.45, 2.75) is 25.4 Å². The van der Waals surface area contributed by atoms with Crippen molar-refractivity contribution < 1.29 is 0 Å². The molecule has 1 aromatic rings. The third kappa shape index (κ3) is 3.55. The lowest BCUT2D eigenvalue weighted by Crippen LogP contribution is -2.51. The highest BCUT2D eigenvalue weighted by Crippen LogP contribution is 2.22. The zero-order valence-electron chi connectivity index (χ0n) is 11.1. The van der Waals surface area contributed by atoms with Gasteiger partial charge in [0.25, 0.3) is 0 Å². The van der Waals surface area contributed by atoms with Crippen molar-refractivity contribution in [3.8, 4) is 6.07 Å². The SMILES string of the molecule is CC(C)NC(C#N)(CN(C)C)c1ccccc1. The zero-order valence-corrected chi connectivity index (χ0v) is 11.1. The van der Waals surface area contributed by atoms with Gasteiger partial charge in [-0.1, -0.05) is 30.3 Å². The van der Waals surface area contributed by atoms with Gasteiger partial charge in [-0.3, -0.25) is 5.32 Å². The van der Waals surface area contributed by atoms with Crippen LogP contribution in [-0.4, -0.2) is 31.6 Å². The fourth-order valence-electron chi connectivity index (χ4n) is 2.04. The van der Waals surface area contributed by atoms with Crippen LogP contribution in [0.15, 0.2) is 30.3 Å². The number of nitrogens with zero attached hydrogens (tertiary/aromatic N) is 2. The van der Waals surface area contributed by atoms with Gasteiger partial charge in [0.15, 0.2) is 0 Å². The molecule has 1 unspecified atom stereocenters. The van der Waals surface area contributed by atoms with Crippen molar-refractivity contribution in [2.75, 3.05) is 20.6 Å². The normalized spacial score (nSPS) is 14.6. The lowest BCUT2D eigenvalue weighted by Gasteiger charge is -2.33. The highest BCUT2D eigenvalue weighted by atomic mass is 15.1.